The van der Waals surface area contributed by atoms with Crippen LogP contribution in [0.3, 0.4) is 0 Å². The molecule has 3 aromatic rings. The molecule has 0 aliphatic heterocycles. The normalized spacial score (nSPS) is 12.2. The van der Waals surface area contributed by atoms with E-state index >= 15 is 0 Å². The van der Waals surface area contributed by atoms with Crippen LogP contribution in [0.5, 0.6) is 11.5 Å². The predicted octanol–water partition coefficient (Wildman–Crippen LogP) is 2.95. The SMILES string of the molecule is C[C@H](NCc1[c]([Tl])cc(Cl)cc1Oc1ccc(-c2cnc(CN(C)C)n2C)cc1)C(=O)O. The summed E-state index contributed by atoms with van der Waals surface area (Å²) in [5.74, 6) is 1.43. The molecular weight excluding hydrogens is 620 g/mol. The summed E-state index contributed by atoms with van der Waals surface area (Å²) in [6.45, 7) is 2.79. The van der Waals surface area contributed by atoms with Crippen molar-refractivity contribution < 1.29 is 14.6 Å². The van der Waals surface area contributed by atoms with Crippen molar-refractivity contribution in [2.24, 2.45) is 7.05 Å². The molecule has 0 saturated heterocycles. The first kappa shape index (κ1) is 24.7. The topological polar surface area (TPSA) is 79.6 Å². The molecule has 0 radical (unpaired) electrons. The standard InChI is InChI=1S/C23H26ClN4O3.Tl/c1-15(23(29)30)25-12-17-5-8-18(24)11-21(17)31-19-9-6-16(7-10-19)20-13-26-22(28(20)4)14-27(2)3;/h6-11,13,15,25H,12,14H2,1-4H3,(H,29,30);/t15-;/m0./s1. The molecule has 0 bridgehead atoms. The van der Waals surface area contributed by atoms with Crippen LogP contribution < -0.4 is 13.2 Å². The van der Waals surface area contributed by atoms with Gasteiger partial charge < -0.3 is 4.90 Å². The molecular formula is C23H26ClN4O3Tl. The van der Waals surface area contributed by atoms with Crippen LogP contribution >= 0.6 is 11.6 Å². The van der Waals surface area contributed by atoms with Crippen LogP contribution in [0.25, 0.3) is 11.3 Å². The van der Waals surface area contributed by atoms with Gasteiger partial charge in [0.2, 0.25) is 0 Å². The summed E-state index contributed by atoms with van der Waals surface area (Å²) in [7, 11) is 6.06. The van der Waals surface area contributed by atoms with Crippen LogP contribution in [0.4, 0.5) is 0 Å². The quantitative estimate of drug-likeness (QED) is 0.349. The third-order valence-electron chi connectivity index (χ3n) is 5.08. The average molecular weight is 646 g/mol. The summed E-state index contributed by atoms with van der Waals surface area (Å²) in [4.78, 5) is 17.8. The number of nitrogens with zero attached hydrogens (tertiary/aromatic N) is 3. The van der Waals surface area contributed by atoms with Crippen molar-refractivity contribution in [3.05, 3.63) is 59.0 Å². The predicted molar refractivity (Wildman–Crippen MR) is 127 cm³/mol. The van der Waals surface area contributed by atoms with Gasteiger partial charge in [-0.3, -0.25) is 0 Å². The van der Waals surface area contributed by atoms with E-state index < -0.39 is 12.0 Å². The fraction of sp³-hybridized carbons (Fsp3) is 0.304. The fourth-order valence-corrected chi connectivity index (χ4v) is 5.50. The maximum atomic E-state index is 11.1. The van der Waals surface area contributed by atoms with Gasteiger partial charge in [-0.2, -0.15) is 0 Å². The monoisotopic (exact) mass is 646 g/mol. The number of ether oxygens (including phenoxy) is 1. The average Bonchev–Trinajstić information content (AvgIpc) is 3.07. The van der Waals surface area contributed by atoms with Gasteiger partial charge in [-0.1, -0.05) is 0 Å². The van der Waals surface area contributed by atoms with Crippen molar-refractivity contribution in [3.63, 3.8) is 0 Å². The molecule has 0 saturated carbocycles. The van der Waals surface area contributed by atoms with E-state index in [1.165, 1.54) is 0 Å². The van der Waals surface area contributed by atoms with Crippen molar-refractivity contribution in [2.45, 2.75) is 26.1 Å². The van der Waals surface area contributed by atoms with Gasteiger partial charge >= 0.3 is 191 Å². The number of imidazole rings is 1. The molecule has 2 N–H and O–H groups in total. The Labute approximate surface area is 209 Å². The van der Waals surface area contributed by atoms with E-state index in [2.05, 4.69) is 19.8 Å². The molecule has 0 spiro atoms. The van der Waals surface area contributed by atoms with Gasteiger partial charge in [-0.25, -0.2) is 0 Å². The molecule has 0 aliphatic carbocycles. The fourth-order valence-electron chi connectivity index (χ4n) is 3.22. The van der Waals surface area contributed by atoms with Gasteiger partial charge in [0.15, 0.2) is 0 Å². The van der Waals surface area contributed by atoms with Gasteiger partial charge in [0.25, 0.3) is 0 Å². The number of hydrogen-bond acceptors (Lipinski definition) is 5. The Balaban J connectivity index is 1.81. The Bertz CT molecular complexity index is 1100. The minimum absolute atomic E-state index is 0.396. The van der Waals surface area contributed by atoms with Crippen LogP contribution in [0.1, 0.15) is 18.3 Å². The number of carboxylic acid groups (broad SMARTS) is 1. The van der Waals surface area contributed by atoms with Gasteiger partial charge in [-0.05, 0) is 14.1 Å². The second-order valence-corrected chi connectivity index (χ2v) is 10.7. The van der Waals surface area contributed by atoms with Crippen molar-refractivity contribution in [2.75, 3.05) is 14.1 Å². The van der Waals surface area contributed by atoms with Gasteiger partial charge in [-0.15, -0.1) is 0 Å². The zero-order chi connectivity index (χ0) is 23.4. The summed E-state index contributed by atoms with van der Waals surface area (Å²) >= 11 is 6.81. The Kier molecular flexibility index (Phi) is 8.32. The van der Waals surface area contributed by atoms with Crippen molar-refractivity contribution in [1.29, 1.82) is 0 Å². The first-order valence-corrected chi connectivity index (χ1v) is 12.8. The van der Waals surface area contributed by atoms with Crippen LogP contribution in [-0.2, 0) is 24.9 Å². The van der Waals surface area contributed by atoms with Gasteiger partial charge in [0.05, 0.1) is 0 Å². The van der Waals surface area contributed by atoms with E-state index in [-0.39, 0.29) is 0 Å². The zero-order valence-corrected chi connectivity index (χ0v) is 23.8. The Hall–Kier alpha value is -1.95. The van der Waals surface area contributed by atoms with E-state index in [4.69, 9.17) is 21.4 Å². The van der Waals surface area contributed by atoms with Crippen LogP contribution in [0, 0.1) is 0 Å². The Morgan fingerprint density at radius 2 is 2.00 bits per heavy atom. The molecule has 9 heteroatoms. The summed E-state index contributed by atoms with van der Waals surface area (Å²) in [6.07, 6.45) is 1.88. The van der Waals surface area contributed by atoms with Crippen LogP contribution in [-0.4, -0.2) is 71.4 Å². The number of carboxylic acids is 1. The number of aromatic nitrogens is 2. The molecule has 0 fully saturated rings. The number of nitrogens with one attached hydrogen (secondary N) is 1. The summed E-state index contributed by atoms with van der Waals surface area (Å²) in [6, 6.07) is 10.9. The number of benzene rings is 2. The first-order valence-electron chi connectivity index (χ1n) is 10.1. The number of halogens is 1. The van der Waals surface area contributed by atoms with E-state index in [1.807, 2.05) is 57.7 Å². The molecule has 32 heavy (non-hydrogen) atoms. The number of carbonyl (C=O) groups is 1. The van der Waals surface area contributed by atoms with Crippen molar-refractivity contribution in [3.8, 4) is 22.8 Å². The number of rotatable bonds is 9. The molecule has 0 unspecified atom stereocenters. The molecule has 0 amide bonds. The zero-order valence-electron chi connectivity index (χ0n) is 18.6. The molecule has 2 aromatic carbocycles. The molecule has 1 atom stereocenters. The summed E-state index contributed by atoms with van der Waals surface area (Å²) in [5, 5.41) is 12.8. The van der Waals surface area contributed by atoms with Gasteiger partial charge in [0, 0.05) is 0 Å². The second-order valence-electron chi connectivity index (χ2n) is 7.90. The number of aliphatic carboxylic acids is 1. The van der Waals surface area contributed by atoms with E-state index in [1.54, 1.807) is 13.0 Å². The van der Waals surface area contributed by atoms with E-state index in [0.29, 0.717) is 48.8 Å². The van der Waals surface area contributed by atoms with E-state index in [0.717, 1.165) is 32.3 Å². The molecule has 1 heterocycles. The molecule has 3 rings (SSSR count). The summed E-state index contributed by atoms with van der Waals surface area (Å²) < 4.78 is 9.36. The van der Waals surface area contributed by atoms with Crippen LogP contribution in [0.2, 0.25) is 5.02 Å². The van der Waals surface area contributed by atoms with Crippen molar-refractivity contribution in [1.82, 2.24) is 19.8 Å². The number of hydrogen-bond donors (Lipinski definition) is 2. The maximum absolute atomic E-state index is 11.1. The molecule has 7 nitrogen and oxygen atoms in total. The molecule has 166 valence electrons. The first-order chi connectivity index (χ1) is 15.2. The molecule has 1 aromatic heterocycles. The van der Waals surface area contributed by atoms with Gasteiger partial charge in [0.1, 0.15) is 0 Å². The van der Waals surface area contributed by atoms with E-state index in [9.17, 15) is 4.79 Å². The second kappa shape index (κ2) is 10.8. The Morgan fingerprint density at radius 3 is 2.62 bits per heavy atom. The van der Waals surface area contributed by atoms with Crippen molar-refractivity contribution >= 4 is 46.5 Å². The third kappa shape index (κ3) is 6.09. The van der Waals surface area contributed by atoms with Crippen LogP contribution in [0.15, 0.2) is 42.6 Å². The third-order valence-corrected chi connectivity index (χ3v) is 7.30. The summed E-state index contributed by atoms with van der Waals surface area (Å²) in [5.41, 5.74) is 3.02. The molecule has 0 aliphatic rings. The minimum atomic E-state index is -0.890. The Morgan fingerprint density at radius 1 is 1.31 bits per heavy atom.